The summed E-state index contributed by atoms with van der Waals surface area (Å²) in [6.45, 7) is 18.7. The average molecular weight is 541 g/mol. The number of carboxylic acids is 1. The molecule has 3 rings (SSSR count). The van der Waals surface area contributed by atoms with Crippen LogP contribution in [0.4, 0.5) is 4.39 Å². The smallest absolute Gasteiger partial charge is 0.309 e. The molecule has 0 aliphatic heterocycles. The molecule has 3 aromatic rings. The van der Waals surface area contributed by atoms with Crippen molar-refractivity contribution in [3.63, 3.8) is 0 Å². The zero-order valence-electron chi connectivity index (χ0n) is 27.9. The fourth-order valence-corrected chi connectivity index (χ4v) is 5.32. The minimum absolute atomic E-state index is 0.110. The van der Waals surface area contributed by atoms with Gasteiger partial charge in [0.15, 0.2) is 0 Å². The molecule has 1 heterocycles. The third-order valence-corrected chi connectivity index (χ3v) is 9.18. The van der Waals surface area contributed by atoms with Crippen LogP contribution < -0.4 is 0 Å². The van der Waals surface area contributed by atoms with Gasteiger partial charge in [0.05, 0.1) is 17.1 Å². The van der Waals surface area contributed by atoms with Gasteiger partial charge in [-0.1, -0.05) is 26.0 Å². The Balaban J connectivity index is 2.39. The van der Waals surface area contributed by atoms with E-state index in [1.165, 1.54) is 13.0 Å². The van der Waals surface area contributed by atoms with Gasteiger partial charge in [0.2, 0.25) is 2.86 Å². The highest BCUT2D eigenvalue weighted by Crippen LogP contribution is 2.42. The second-order valence-electron chi connectivity index (χ2n) is 11.6. The molecular weight excluding hydrogens is 493 g/mol. The van der Waals surface area contributed by atoms with E-state index in [2.05, 4.69) is 49.5 Å². The molecule has 6 heteroatoms. The Kier molecular flexibility index (Phi) is 7.34. The molecule has 0 saturated carbocycles. The SMILES string of the molecule is [2H]OC(=O)C(C)[C@](C)(O[2H])C(C)[C@@](C)(/C=C/c1c(-c2ccc(F)c(C)c2C)c2cc(C)c(C)cc2n1C(C)CC)O[2H]. The Bertz CT molecular complexity index is 1500. The topological polar surface area (TPSA) is 82.7 Å². The van der Waals surface area contributed by atoms with Gasteiger partial charge in [0, 0.05) is 34.1 Å². The Hall–Kier alpha value is -2.96. The monoisotopic (exact) mass is 540 g/mol. The molecule has 3 unspecified atom stereocenters. The summed E-state index contributed by atoms with van der Waals surface area (Å²) in [5.41, 5.74) is 4.77. The number of hydrogen-bond acceptors (Lipinski definition) is 4. The highest BCUT2D eigenvalue weighted by Gasteiger charge is 2.46. The van der Waals surface area contributed by atoms with Crippen molar-refractivity contribution in [2.45, 2.75) is 92.9 Å². The number of aromatic nitrogens is 1. The molecule has 0 saturated heterocycles. The number of rotatable bonds is 11. The van der Waals surface area contributed by atoms with E-state index in [4.69, 9.17) is 14.5 Å². The van der Waals surface area contributed by atoms with Gasteiger partial charge in [-0.15, -0.1) is 0 Å². The van der Waals surface area contributed by atoms with E-state index in [0.29, 0.717) is 5.56 Å². The number of aliphatic hydroxyl groups is 2. The van der Waals surface area contributed by atoms with Gasteiger partial charge in [-0.2, -0.15) is 0 Å². The van der Waals surface area contributed by atoms with Gasteiger partial charge in [0.25, 0.3) is 1.43 Å². The second kappa shape index (κ2) is 10.9. The van der Waals surface area contributed by atoms with E-state index in [0.717, 1.165) is 50.8 Å². The van der Waals surface area contributed by atoms with Crippen LogP contribution in [0, 0.1) is 45.3 Å². The van der Waals surface area contributed by atoms with Crippen molar-refractivity contribution in [2.24, 2.45) is 11.8 Å². The molecule has 5 atom stereocenters. The predicted octanol–water partition coefficient (Wildman–Crippen LogP) is 7.52. The quantitative estimate of drug-likeness (QED) is 0.235. The number of hydrogen-bond donors (Lipinski definition) is 3. The van der Waals surface area contributed by atoms with Crippen LogP contribution in [0.15, 0.2) is 30.3 Å². The second-order valence-corrected chi connectivity index (χ2v) is 11.6. The van der Waals surface area contributed by atoms with Crippen molar-refractivity contribution in [2.75, 3.05) is 0 Å². The van der Waals surface area contributed by atoms with Gasteiger partial charge in [0.1, 0.15) is 5.82 Å². The number of fused-ring (bicyclic) bond motifs is 1. The molecule has 0 fully saturated rings. The molecule has 1 aromatic heterocycles. The number of aryl methyl sites for hydroxylation is 2. The van der Waals surface area contributed by atoms with Crippen LogP contribution in [-0.2, 0) is 4.79 Å². The van der Waals surface area contributed by atoms with Crippen molar-refractivity contribution in [3.05, 3.63) is 64.1 Å². The number of benzene rings is 2. The number of aliphatic carboxylic acids is 1. The largest absolute Gasteiger partial charge is 0.481 e. The van der Waals surface area contributed by atoms with E-state index >= 15 is 0 Å². The molecule has 0 radical (unpaired) electrons. The predicted molar refractivity (Wildman–Crippen MR) is 158 cm³/mol. The van der Waals surface area contributed by atoms with Crippen LogP contribution in [0.5, 0.6) is 0 Å². The normalized spacial score (nSPS) is 18.6. The van der Waals surface area contributed by atoms with Crippen LogP contribution in [-0.4, -0.2) is 39.9 Å². The zero-order chi connectivity index (χ0) is 31.7. The van der Waals surface area contributed by atoms with E-state index in [9.17, 15) is 9.18 Å². The first-order chi connectivity index (χ1) is 19.6. The number of halogens is 1. The van der Waals surface area contributed by atoms with Gasteiger partial charge < -0.3 is 19.9 Å². The maximum absolute atomic E-state index is 14.6. The molecule has 2 aromatic carbocycles. The van der Waals surface area contributed by atoms with Crippen LogP contribution >= 0.6 is 0 Å². The lowest BCUT2D eigenvalue weighted by molar-refractivity contribution is -0.160. The lowest BCUT2D eigenvalue weighted by Gasteiger charge is -2.40. The molecular formula is C33H44FNO4. The van der Waals surface area contributed by atoms with E-state index in [1.54, 1.807) is 33.8 Å². The van der Waals surface area contributed by atoms with Crippen LogP contribution in [0.1, 0.15) is 82.0 Å². The fourth-order valence-electron chi connectivity index (χ4n) is 5.32. The van der Waals surface area contributed by atoms with E-state index < -0.39 is 29.0 Å². The summed E-state index contributed by atoms with van der Waals surface area (Å²) in [7, 11) is 0. The molecule has 39 heavy (non-hydrogen) atoms. The fraction of sp³-hybridized carbons (Fsp3) is 0.485. The van der Waals surface area contributed by atoms with Crippen LogP contribution in [0.3, 0.4) is 0 Å². The molecule has 0 amide bonds. The highest BCUT2D eigenvalue weighted by atomic mass is 19.1. The summed E-state index contributed by atoms with van der Waals surface area (Å²) >= 11 is 0. The molecule has 0 aliphatic carbocycles. The Morgan fingerprint density at radius 3 is 2.33 bits per heavy atom. The maximum atomic E-state index is 14.6. The molecule has 0 aliphatic rings. The van der Waals surface area contributed by atoms with Crippen LogP contribution in [0.25, 0.3) is 29.5 Å². The Morgan fingerprint density at radius 1 is 1.08 bits per heavy atom. The first-order valence-corrected chi connectivity index (χ1v) is 13.7. The third-order valence-electron chi connectivity index (χ3n) is 9.18. The third kappa shape index (κ3) is 5.42. The summed E-state index contributed by atoms with van der Waals surface area (Å²) in [5.74, 6) is -2.79. The minimum Gasteiger partial charge on any atom is -0.481 e. The summed E-state index contributed by atoms with van der Waals surface area (Å²) < 4.78 is 39.8. The molecule has 3 N–H and O–H groups in total. The summed E-state index contributed by atoms with van der Waals surface area (Å²) in [6.07, 6.45) is 4.55. The van der Waals surface area contributed by atoms with E-state index in [1.807, 2.05) is 19.1 Å². The first kappa shape index (κ1) is 26.3. The summed E-state index contributed by atoms with van der Waals surface area (Å²) in [5, 5.41) is 15.7. The lowest BCUT2D eigenvalue weighted by Crippen LogP contribution is -2.52. The van der Waals surface area contributed by atoms with Crippen LogP contribution in [0.2, 0.25) is 0 Å². The molecule has 0 bridgehead atoms. The van der Waals surface area contributed by atoms with Gasteiger partial charge in [-0.05, 0) is 114 Å². The van der Waals surface area contributed by atoms with Crippen molar-refractivity contribution in [3.8, 4) is 11.1 Å². The molecule has 0 spiro atoms. The highest BCUT2D eigenvalue weighted by molar-refractivity contribution is 6.02. The summed E-state index contributed by atoms with van der Waals surface area (Å²) in [4.78, 5) is 12.3. The number of carbonyl (C=O) groups is 1. The van der Waals surface area contributed by atoms with E-state index in [-0.39, 0.29) is 11.9 Å². The van der Waals surface area contributed by atoms with Crippen molar-refractivity contribution in [1.29, 1.82) is 4.29 Å². The van der Waals surface area contributed by atoms with Crippen molar-refractivity contribution >= 4 is 22.9 Å². The average Bonchev–Trinajstić information content (AvgIpc) is 3.29. The number of carboxylic acid groups (broad SMARTS) is 1. The van der Waals surface area contributed by atoms with Gasteiger partial charge in [-0.3, -0.25) is 4.79 Å². The standard InChI is InChI=1S/C33H44FNO4/c1-11-20(4)35-28(14-15-32(9,38)24(8)33(10,39)23(7)31(36)37)30(25-12-13-27(34)22(6)21(25)5)26-16-18(2)19(3)17-29(26)35/h12-17,20,23-24,38-39H,11H2,1-10H3,(H,36,37)/b15-14+/t20?,23?,24?,32-,33+/m1/s1/i38D,39D/hD. The Morgan fingerprint density at radius 2 is 1.74 bits per heavy atom. The Labute approximate surface area is 236 Å². The van der Waals surface area contributed by atoms with Gasteiger partial charge >= 0.3 is 5.97 Å². The zero-order valence-corrected chi connectivity index (χ0v) is 24.9. The number of nitrogens with zero attached hydrogens (tertiary/aromatic N) is 1. The molecule has 212 valence electrons. The minimum atomic E-state index is -1.44. The van der Waals surface area contributed by atoms with Crippen molar-refractivity contribution < 1.29 is 24.5 Å². The summed E-state index contributed by atoms with van der Waals surface area (Å²) in [6, 6.07) is 7.80. The molecule has 5 nitrogen and oxygen atoms in total. The maximum Gasteiger partial charge on any atom is 0.309 e. The first-order valence-electron chi connectivity index (χ1n) is 14.9. The van der Waals surface area contributed by atoms with Gasteiger partial charge in [-0.25, -0.2) is 4.39 Å². The lowest BCUT2D eigenvalue weighted by atomic mass is 9.72. The van der Waals surface area contributed by atoms with Crippen molar-refractivity contribution in [1.82, 2.24) is 4.57 Å².